The Hall–Kier alpha value is -2.24. The Bertz CT molecular complexity index is 815. The minimum absolute atomic E-state index is 0.214. The van der Waals surface area contributed by atoms with E-state index in [9.17, 15) is 4.79 Å². The molecule has 0 N–H and O–H groups in total. The van der Waals surface area contributed by atoms with Crippen molar-refractivity contribution >= 4 is 21.9 Å². The molecule has 0 aliphatic rings. The lowest BCUT2D eigenvalue weighted by Gasteiger charge is -2.13. The van der Waals surface area contributed by atoms with E-state index in [1.165, 1.54) is 0 Å². The van der Waals surface area contributed by atoms with Gasteiger partial charge in [-0.05, 0) is 20.8 Å². The number of hydrogen-bond donors (Lipinski definition) is 0. The van der Waals surface area contributed by atoms with E-state index in [0.717, 1.165) is 23.1 Å². The zero-order valence-corrected chi connectivity index (χ0v) is 11.2. The fourth-order valence-electron chi connectivity index (χ4n) is 2.31. The molecule has 0 bridgehead atoms. The van der Waals surface area contributed by atoms with Crippen molar-refractivity contribution in [3.05, 3.63) is 29.1 Å². The molecule has 0 saturated heterocycles. The van der Waals surface area contributed by atoms with Crippen LogP contribution in [0.3, 0.4) is 0 Å². The highest BCUT2D eigenvalue weighted by molar-refractivity contribution is 6.01. The maximum atomic E-state index is 11.9. The molecule has 0 aliphatic carbocycles. The summed E-state index contributed by atoms with van der Waals surface area (Å²) in [6.07, 6.45) is 4.96. The molecule has 0 spiro atoms. The molecule has 0 aromatic carbocycles. The van der Waals surface area contributed by atoms with Crippen LogP contribution in [0.4, 0.5) is 0 Å². The van der Waals surface area contributed by atoms with Crippen LogP contribution >= 0.6 is 0 Å². The topological polar surface area (TPSA) is 65.6 Å². The van der Waals surface area contributed by atoms with Gasteiger partial charge < -0.3 is 4.57 Å². The number of rotatable bonds is 2. The monoisotopic (exact) mass is 257 g/mol. The molecule has 0 saturated carbocycles. The van der Waals surface area contributed by atoms with Crippen LogP contribution in [-0.4, -0.2) is 24.3 Å². The fraction of sp³-hybridized carbons (Fsp3) is 0.385. The quantitative estimate of drug-likeness (QED) is 0.701. The molecule has 3 aromatic heterocycles. The van der Waals surface area contributed by atoms with Crippen molar-refractivity contribution in [2.45, 2.75) is 33.4 Å². The number of nitrogens with zero attached hydrogens (tertiary/aromatic N) is 5. The Morgan fingerprint density at radius 1 is 1.21 bits per heavy atom. The Labute approximate surface area is 109 Å². The molecule has 3 aromatic rings. The third-order valence-electron chi connectivity index (χ3n) is 3.28. The van der Waals surface area contributed by atoms with Gasteiger partial charge in [0.2, 0.25) is 0 Å². The summed E-state index contributed by atoms with van der Waals surface area (Å²) in [6.45, 7) is 6.88. The second-order valence-corrected chi connectivity index (χ2v) is 4.77. The molecular formula is C13H15N5O. The molecule has 0 fully saturated rings. The number of aromatic nitrogens is 5. The predicted molar refractivity (Wildman–Crippen MR) is 73.1 cm³/mol. The summed E-state index contributed by atoms with van der Waals surface area (Å²) in [5.41, 5.74) is 1.42. The highest BCUT2D eigenvalue weighted by Gasteiger charge is 2.13. The smallest absolute Gasteiger partial charge is 0.282 e. The van der Waals surface area contributed by atoms with Gasteiger partial charge in [0.15, 0.2) is 5.65 Å². The highest BCUT2D eigenvalue weighted by Crippen LogP contribution is 2.23. The van der Waals surface area contributed by atoms with Gasteiger partial charge in [0, 0.05) is 18.8 Å². The zero-order chi connectivity index (χ0) is 13.6. The minimum Gasteiger partial charge on any atom is -0.328 e. The summed E-state index contributed by atoms with van der Waals surface area (Å²) >= 11 is 0. The fourth-order valence-corrected chi connectivity index (χ4v) is 2.31. The lowest BCUT2D eigenvalue weighted by atomic mass is 10.2. The normalized spacial score (nSPS) is 11.8. The van der Waals surface area contributed by atoms with Crippen LogP contribution in [0.2, 0.25) is 0 Å². The molecule has 3 heterocycles. The third kappa shape index (κ3) is 1.63. The van der Waals surface area contributed by atoms with E-state index < -0.39 is 0 Å². The van der Waals surface area contributed by atoms with E-state index in [4.69, 9.17) is 0 Å². The first kappa shape index (κ1) is 11.8. The summed E-state index contributed by atoms with van der Waals surface area (Å²) in [5.74, 6) is 0. The molecule has 19 heavy (non-hydrogen) atoms. The summed E-state index contributed by atoms with van der Waals surface area (Å²) in [7, 11) is 0. The Balaban J connectivity index is 2.55. The standard InChI is InChI=1S/C13H15N5O/c1-4-18-12-9(6-16-18)11-10(5-14-12)13(19)15-7-17(11)8(2)3/h5-8H,4H2,1-3H3. The molecule has 0 amide bonds. The molecular weight excluding hydrogens is 242 g/mol. The van der Waals surface area contributed by atoms with E-state index in [1.54, 1.807) is 18.7 Å². The van der Waals surface area contributed by atoms with Crippen LogP contribution in [-0.2, 0) is 6.54 Å². The first-order valence-electron chi connectivity index (χ1n) is 6.34. The van der Waals surface area contributed by atoms with Crippen molar-refractivity contribution in [2.24, 2.45) is 0 Å². The van der Waals surface area contributed by atoms with Gasteiger partial charge in [-0.1, -0.05) is 0 Å². The average Bonchev–Trinajstić information content (AvgIpc) is 2.81. The number of pyridine rings is 1. The molecule has 0 aliphatic heterocycles. The number of hydrogen-bond acceptors (Lipinski definition) is 4. The summed E-state index contributed by atoms with van der Waals surface area (Å²) < 4.78 is 3.81. The van der Waals surface area contributed by atoms with Crippen LogP contribution in [0, 0.1) is 0 Å². The van der Waals surface area contributed by atoms with Gasteiger partial charge in [-0.2, -0.15) is 10.1 Å². The Morgan fingerprint density at radius 2 is 2.00 bits per heavy atom. The first-order chi connectivity index (χ1) is 9.13. The zero-order valence-electron chi connectivity index (χ0n) is 11.2. The molecule has 6 nitrogen and oxygen atoms in total. The SMILES string of the molecule is CCn1ncc2c3c(cnc21)c(=O)ncn3C(C)C. The van der Waals surface area contributed by atoms with Gasteiger partial charge in [0.05, 0.1) is 28.8 Å². The maximum absolute atomic E-state index is 11.9. The van der Waals surface area contributed by atoms with E-state index in [2.05, 4.69) is 28.9 Å². The van der Waals surface area contributed by atoms with Gasteiger partial charge in [-0.15, -0.1) is 0 Å². The van der Waals surface area contributed by atoms with E-state index in [1.807, 2.05) is 16.2 Å². The van der Waals surface area contributed by atoms with Crippen LogP contribution < -0.4 is 5.56 Å². The van der Waals surface area contributed by atoms with Crippen LogP contribution in [0.15, 0.2) is 23.5 Å². The van der Waals surface area contributed by atoms with Crippen molar-refractivity contribution in [2.75, 3.05) is 0 Å². The van der Waals surface area contributed by atoms with Crippen molar-refractivity contribution in [3.63, 3.8) is 0 Å². The van der Waals surface area contributed by atoms with Crippen molar-refractivity contribution in [3.8, 4) is 0 Å². The molecule has 3 rings (SSSR count). The number of fused-ring (bicyclic) bond motifs is 3. The lowest BCUT2D eigenvalue weighted by Crippen LogP contribution is -2.14. The predicted octanol–water partition coefficient (Wildman–Crippen LogP) is 1.74. The van der Waals surface area contributed by atoms with E-state index in [0.29, 0.717) is 5.39 Å². The lowest BCUT2D eigenvalue weighted by molar-refractivity contribution is 0.608. The summed E-state index contributed by atoms with van der Waals surface area (Å²) in [6, 6.07) is 0.214. The molecule has 6 heteroatoms. The highest BCUT2D eigenvalue weighted by atomic mass is 16.1. The third-order valence-corrected chi connectivity index (χ3v) is 3.28. The average molecular weight is 257 g/mol. The van der Waals surface area contributed by atoms with Crippen molar-refractivity contribution < 1.29 is 0 Å². The van der Waals surface area contributed by atoms with Gasteiger partial charge in [0.1, 0.15) is 0 Å². The van der Waals surface area contributed by atoms with Crippen molar-refractivity contribution in [1.29, 1.82) is 0 Å². The summed E-state index contributed by atoms with van der Waals surface area (Å²) in [4.78, 5) is 20.1. The second-order valence-electron chi connectivity index (χ2n) is 4.77. The summed E-state index contributed by atoms with van der Waals surface area (Å²) in [5, 5.41) is 5.75. The van der Waals surface area contributed by atoms with Gasteiger partial charge in [-0.25, -0.2) is 9.67 Å². The second kappa shape index (κ2) is 4.15. The van der Waals surface area contributed by atoms with Gasteiger partial charge in [0.25, 0.3) is 5.56 Å². The molecule has 0 unspecified atom stereocenters. The van der Waals surface area contributed by atoms with Gasteiger partial charge in [-0.3, -0.25) is 4.79 Å². The number of aryl methyl sites for hydroxylation is 1. The van der Waals surface area contributed by atoms with E-state index in [-0.39, 0.29) is 11.6 Å². The van der Waals surface area contributed by atoms with Crippen molar-refractivity contribution in [1.82, 2.24) is 24.3 Å². The van der Waals surface area contributed by atoms with Crippen LogP contribution in [0.1, 0.15) is 26.8 Å². The molecule has 98 valence electrons. The molecule has 0 atom stereocenters. The largest absolute Gasteiger partial charge is 0.328 e. The minimum atomic E-state index is -0.245. The van der Waals surface area contributed by atoms with Crippen LogP contribution in [0.5, 0.6) is 0 Å². The van der Waals surface area contributed by atoms with Gasteiger partial charge >= 0.3 is 0 Å². The maximum Gasteiger partial charge on any atom is 0.282 e. The van der Waals surface area contributed by atoms with Crippen LogP contribution in [0.25, 0.3) is 21.9 Å². The first-order valence-corrected chi connectivity index (χ1v) is 6.34. The molecule has 0 radical (unpaired) electrons. The Morgan fingerprint density at radius 3 is 2.68 bits per heavy atom. The van der Waals surface area contributed by atoms with E-state index >= 15 is 0 Å². The Kier molecular flexibility index (Phi) is 2.58.